The van der Waals surface area contributed by atoms with Crippen molar-refractivity contribution >= 4 is 33.4 Å². The van der Waals surface area contributed by atoms with Crippen molar-refractivity contribution in [1.29, 1.82) is 0 Å². The third kappa shape index (κ3) is 4.98. The number of ether oxygens (including phenoxy) is 2. The number of pyridine rings is 2. The van der Waals surface area contributed by atoms with Gasteiger partial charge in [0.25, 0.3) is 0 Å². The van der Waals surface area contributed by atoms with Crippen LogP contribution < -0.4 is 25.4 Å². The number of halogens is 4. The number of rotatable bonds is 6. The Labute approximate surface area is 260 Å². The van der Waals surface area contributed by atoms with E-state index in [-0.39, 0.29) is 64.9 Å². The van der Waals surface area contributed by atoms with E-state index in [1.807, 2.05) is 24.8 Å². The summed E-state index contributed by atoms with van der Waals surface area (Å²) in [4.78, 5) is 19.7. The van der Waals surface area contributed by atoms with Crippen molar-refractivity contribution in [2.24, 2.45) is 0 Å². The Morgan fingerprint density at radius 3 is 2.80 bits per heavy atom. The number of alkyl halides is 3. The van der Waals surface area contributed by atoms with E-state index in [0.717, 1.165) is 19.4 Å². The molecule has 0 radical (unpaired) electrons. The average molecular weight is 638 g/mol. The lowest BCUT2D eigenvalue weighted by molar-refractivity contribution is -0.137. The molecule has 7 rings (SSSR count). The van der Waals surface area contributed by atoms with Crippen LogP contribution in [-0.2, 0) is 6.18 Å². The van der Waals surface area contributed by atoms with Gasteiger partial charge in [-0.25, -0.2) is 14.4 Å². The second-order valence-electron chi connectivity index (χ2n) is 11.7. The summed E-state index contributed by atoms with van der Waals surface area (Å²) in [6.07, 6.45) is -0.151. The molecule has 15 heteroatoms. The molecule has 2 aliphatic rings. The Bertz CT molecular complexity index is 1960. The van der Waals surface area contributed by atoms with Crippen LogP contribution >= 0.6 is 0 Å². The largest absolute Gasteiger partial charge is 0.475 e. The molecular weight excluding hydrogens is 606 g/mol. The summed E-state index contributed by atoms with van der Waals surface area (Å²) < 4.78 is 72.9. The highest BCUT2D eigenvalue weighted by molar-refractivity contribution is 6.02. The van der Waals surface area contributed by atoms with Crippen LogP contribution in [0, 0.1) is 12.7 Å². The Hall–Kier alpha value is -4.79. The van der Waals surface area contributed by atoms with Crippen LogP contribution in [-0.4, -0.2) is 62.0 Å². The molecule has 240 valence electrons. The predicted octanol–water partition coefficient (Wildman–Crippen LogP) is 5.49. The normalized spacial score (nSPS) is 19.0. The lowest BCUT2D eigenvalue weighted by Crippen LogP contribution is -2.39. The minimum atomic E-state index is -4.83. The lowest BCUT2D eigenvalue weighted by atomic mass is 9.94. The van der Waals surface area contributed by atoms with E-state index in [4.69, 9.17) is 20.2 Å². The van der Waals surface area contributed by atoms with Crippen LogP contribution in [0.25, 0.3) is 33.1 Å². The van der Waals surface area contributed by atoms with E-state index in [9.17, 15) is 13.2 Å². The predicted molar refractivity (Wildman–Crippen MR) is 163 cm³/mol. The number of aromatic nitrogens is 6. The molecule has 0 bridgehead atoms. The van der Waals surface area contributed by atoms with E-state index in [1.165, 1.54) is 19.2 Å². The maximum atomic E-state index is 17.0. The summed E-state index contributed by atoms with van der Waals surface area (Å²) in [5.41, 5.74) is 4.80. The topological polar surface area (TPSA) is 140 Å². The summed E-state index contributed by atoms with van der Waals surface area (Å²) in [6, 6.07) is 4.05. The van der Waals surface area contributed by atoms with Gasteiger partial charge in [0.1, 0.15) is 41.4 Å². The Morgan fingerprint density at radius 1 is 1.24 bits per heavy atom. The van der Waals surface area contributed by atoms with Gasteiger partial charge < -0.3 is 25.4 Å². The molecule has 2 aliphatic heterocycles. The fourth-order valence-corrected chi connectivity index (χ4v) is 6.52. The number of nitrogen functional groups attached to an aromatic ring is 1. The smallest absolute Gasteiger partial charge is 0.417 e. The zero-order chi connectivity index (χ0) is 32.3. The third-order valence-electron chi connectivity index (χ3n) is 8.67. The van der Waals surface area contributed by atoms with Crippen LogP contribution in [0.3, 0.4) is 0 Å². The molecule has 0 saturated carbocycles. The van der Waals surface area contributed by atoms with Gasteiger partial charge in [-0.3, -0.25) is 5.10 Å². The van der Waals surface area contributed by atoms with Crippen LogP contribution in [0.15, 0.2) is 30.6 Å². The number of aromatic amines is 1. The van der Waals surface area contributed by atoms with Crippen molar-refractivity contribution in [3.05, 3.63) is 53.1 Å². The third-order valence-corrected chi connectivity index (χ3v) is 8.67. The zero-order valence-corrected chi connectivity index (χ0v) is 25.2. The highest BCUT2D eigenvalue weighted by Gasteiger charge is 2.40. The second kappa shape index (κ2) is 11.2. The molecule has 1 saturated heterocycles. The van der Waals surface area contributed by atoms with Gasteiger partial charge in [0, 0.05) is 28.8 Å². The molecule has 4 aromatic heterocycles. The monoisotopic (exact) mass is 637 g/mol. The van der Waals surface area contributed by atoms with Crippen LogP contribution in [0.2, 0.25) is 0 Å². The zero-order valence-electron chi connectivity index (χ0n) is 25.2. The molecule has 6 heterocycles. The number of benzene rings is 1. The molecule has 0 amide bonds. The number of fused-ring (bicyclic) bond motifs is 1. The fourth-order valence-electron chi connectivity index (χ4n) is 6.52. The van der Waals surface area contributed by atoms with E-state index in [0.29, 0.717) is 16.9 Å². The van der Waals surface area contributed by atoms with Crippen molar-refractivity contribution in [3.8, 4) is 23.1 Å². The van der Waals surface area contributed by atoms with Gasteiger partial charge in [0.2, 0.25) is 5.88 Å². The van der Waals surface area contributed by atoms with Crippen molar-refractivity contribution in [1.82, 2.24) is 35.5 Å². The number of H-pyrrole nitrogens is 1. The van der Waals surface area contributed by atoms with Crippen LogP contribution in [0.5, 0.6) is 11.9 Å². The van der Waals surface area contributed by atoms with Crippen molar-refractivity contribution in [3.63, 3.8) is 0 Å². The van der Waals surface area contributed by atoms with Crippen molar-refractivity contribution in [2.45, 2.75) is 57.9 Å². The van der Waals surface area contributed by atoms with Gasteiger partial charge in [-0.1, -0.05) is 6.07 Å². The average Bonchev–Trinajstić information content (AvgIpc) is 3.69. The van der Waals surface area contributed by atoms with E-state index >= 15 is 4.39 Å². The molecule has 46 heavy (non-hydrogen) atoms. The van der Waals surface area contributed by atoms with E-state index in [1.54, 1.807) is 12.3 Å². The molecule has 4 N–H and O–H groups in total. The Morgan fingerprint density at radius 2 is 2.07 bits per heavy atom. The minimum Gasteiger partial charge on any atom is -0.475 e. The van der Waals surface area contributed by atoms with Gasteiger partial charge in [-0.2, -0.15) is 28.2 Å². The van der Waals surface area contributed by atoms with Crippen molar-refractivity contribution in [2.75, 3.05) is 30.4 Å². The van der Waals surface area contributed by atoms with Gasteiger partial charge >= 0.3 is 12.2 Å². The van der Waals surface area contributed by atoms with Crippen LogP contribution in [0.1, 0.15) is 49.4 Å². The first-order chi connectivity index (χ1) is 22.0. The van der Waals surface area contributed by atoms with Gasteiger partial charge in [0.15, 0.2) is 5.82 Å². The van der Waals surface area contributed by atoms with Gasteiger partial charge in [-0.05, 0) is 57.9 Å². The van der Waals surface area contributed by atoms with Gasteiger partial charge in [0.05, 0.1) is 29.4 Å². The molecule has 2 unspecified atom stereocenters. The number of aryl methyl sites for hydroxylation is 1. The molecule has 0 spiro atoms. The number of nitrogens with zero attached hydrogens (tertiary/aromatic N) is 6. The van der Waals surface area contributed by atoms with Crippen LogP contribution in [0.4, 0.5) is 29.2 Å². The van der Waals surface area contributed by atoms with E-state index < -0.39 is 34.9 Å². The summed E-state index contributed by atoms with van der Waals surface area (Å²) in [6.45, 7) is 6.23. The maximum absolute atomic E-state index is 17.0. The lowest BCUT2D eigenvalue weighted by Gasteiger charge is -2.35. The molecule has 1 fully saturated rings. The highest BCUT2D eigenvalue weighted by Crippen LogP contribution is 2.47. The standard InChI is InChI=1S/C31H31F4N9O2/c1-14-10-20-19(11-39-43-20)21(23(14)31(33,34)35)25-24(32)26-22-28(42-30(41-26)46-13-17-6-4-8-37-17)44(15(2)12-45-29(22)40-25)16(3)18-7-5-9-38-27(18)36/h5,7,9-11,15-17,37H,4,6,8,12-13H2,1-3H3,(H2,36,38)(H,39,43)/t15-,16?,17?/m0/s1. The second-order valence-corrected chi connectivity index (χ2v) is 11.7. The first-order valence-corrected chi connectivity index (χ1v) is 15.0. The van der Waals surface area contributed by atoms with E-state index in [2.05, 4.69) is 30.5 Å². The number of nitrogens with two attached hydrogens (primary N) is 1. The molecule has 5 aromatic rings. The number of anilines is 2. The number of nitrogens with one attached hydrogen (secondary N) is 2. The number of hydrogen-bond donors (Lipinski definition) is 3. The molecule has 3 atom stereocenters. The highest BCUT2D eigenvalue weighted by atomic mass is 19.4. The fraction of sp³-hybridized carbons (Fsp3) is 0.387. The van der Waals surface area contributed by atoms with Crippen molar-refractivity contribution < 1.29 is 27.0 Å². The summed E-state index contributed by atoms with van der Waals surface area (Å²) >= 11 is 0. The Balaban J connectivity index is 1.50. The van der Waals surface area contributed by atoms with Gasteiger partial charge in [-0.15, -0.1) is 0 Å². The summed E-state index contributed by atoms with van der Waals surface area (Å²) in [5.74, 6) is -0.611. The SMILES string of the molecule is Cc1cc2[nH]ncc2c(-c2nc3c4c(nc(OCC5CCCN5)nc4c2F)N(C(C)c2cccnc2N)[C@@H](C)CO3)c1C(F)(F)F. The molecule has 11 nitrogen and oxygen atoms in total. The minimum absolute atomic E-state index is 0.0512. The summed E-state index contributed by atoms with van der Waals surface area (Å²) in [7, 11) is 0. The Kier molecular flexibility index (Phi) is 7.30. The molecule has 0 aliphatic carbocycles. The quantitative estimate of drug-likeness (QED) is 0.205. The molecule has 1 aromatic carbocycles. The summed E-state index contributed by atoms with van der Waals surface area (Å²) in [5, 5.41) is 10.1. The number of hydrogen-bond acceptors (Lipinski definition) is 10. The first-order valence-electron chi connectivity index (χ1n) is 15.0. The maximum Gasteiger partial charge on any atom is 0.417 e. The molecular formula is C31H31F4N9O2. The first kappa shape index (κ1) is 29.9.